The van der Waals surface area contributed by atoms with Gasteiger partial charge in [-0.05, 0) is 31.0 Å². The maximum Gasteiger partial charge on any atom is 0.230 e. The number of benzene rings is 1. The van der Waals surface area contributed by atoms with Gasteiger partial charge in [-0.3, -0.25) is 4.79 Å². The molecular formula is C14H19FN2O. The number of hydrogen-bond acceptors (Lipinski definition) is 2. The number of nitrogens with two attached hydrogens (primary N) is 1. The molecule has 0 aliphatic heterocycles. The molecule has 1 aliphatic carbocycles. The summed E-state index contributed by atoms with van der Waals surface area (Å²) in [6, 6.07) is 4.21. The molecule has 1 aliphatic rings. The lowest BCUT2D eigenvalue weighted by atomic mass is 9.75. The predicted octanol–water partition coefficient (Wildman–Crippen LogP) is 3.32. The number of carbonyl (C=O) groups excluding carboxylic acids is 1. The van der Waals surface area contributed by atoms with Gasteiger partial charge in [-0.1, -0.05) is 26.2 Å². The Hall–Kier alpha value is -1.58. The summed E-state index contributed by atoms with van der Waals surface area (Å²) in [6.07, 6.45) is 5.02. The summed E-state index contributed by atoms with van der Waals surface area (Å²) in [4.78, 5) is 12.2. The highest BCUT2D eigenvalue weighted by Gasteiger charge is 2.34. The Labute approximate surface area is 107 Å². The standard InChI is InChI=1S/C14H19FN2O/c1-14(7-3-2-4-8-14)13(18)17-12-9-10(16)5-6-11(12)15/h5-6,9H,2-4,7-8,16H2,1H3,(H,17,18). The third kappa shape index (κ3) is 2.63. The van der Waals surface area contributed by atoms with Gasteiger partial charge in [-0.15, -0.1) is 0 Å². The number of nitrogens with one attached hydrogen (secondary N) is 1. The molecule has 1 aromatic rings. The molecule has 0 unspecified atom stereocenters. The van der Waals surface area contributed by atoms with Crippen molar-refractivity contribution in [2.45, 2.75) is 39.0 Å². The van der Waals surface area contributed by atoms with Gasteiger partial charge in [-0.2, -0.15) is 0 Å². The van der Waals surface area contributed by atoms with Crippen LogP contribution in [0.1, 0.15) is 39.0 Å². The lowest BCUT2D eigenvalue weighted by Gasteiger charge is -2.32. The van der Waals surface area contributed by atoms with Crippen molar-refractivity contribution in [2.24, 2.45) is 5.41 Å². The Morgan fingerprint density at radius 1 is 1.33 bits per heavy atom. The lowest BCUT2D eigenvalue weighted by molar-refractivity contribution is -0.126. The fourth-order valence-electron chi connectivity index (χ4n) is 2.47. The van der Waals surface area contributed by atoms with Crippen LogP contribution in [0.15, 0.2) is 18.2 Å². The van der Waals surface area contributed by atoms with E-state index in [2.05, 4.69) is 5.32 Å². The molecule has 2 rings (SSSR count). The van der Waals surface area contributed by atoms with Crippen LogP contribution < -0.4 is 11.1 Å². The van der Waals surface area contributed by atoms with E-state index in [1.54, 1.807) is 0 Å². The van der Waals surface area contributed by atoms with Gasteiger partial charge in [0, 0.05) is 11.1 Å². The number of halogens is 1. The van der Waals surface area contributed by atoms with Gasteiger partial charge >= 0.3 is 0 Å². The maximum absolute atomic E-state index is 13.6. The van der Waals surface area contributed by atoms with Crippen LogP contribution >= 0.6 is 0 Å². The Balaban J connectivity index is 2.13. The largest absolute Gasteiger partial charge is 0.399 e. The van der Waals surface area contributed by atoms with E-state index in [1.165, 1.54) is 24.6 Å². The minimum Gasteiger partial charge on any atom is -0.399 e. The van der Waals surface area contributed by atoms with E-state index in [0.29, 0.717) is 5.69 Å². The summed E-state index contributed by atoms with van der Waals surface area (Å²) in [5.41, 5.74) is 5.83. The second-order valence-corrected chi connectivity index (χ2v) is 5.31. The molecule has 1 fully saturated rings. The lowest BCUT2D eigenvalue weighted by Crippen LogP contribution is -2.35. The van der Waals surface area contributed by atoms with Crippen molar-refractivity contribution in [1.82, 2.24) is 0 Å². The van der Waals surface area contributed by atoms with Crippen molar-refractivity contribution in [2.75, 3.05) is 11.1 Å². The second-order valence-electron chi connectivity index (χ2n) is 5.31. The molecule has 3 N–H and O–H groups in total. The highest BCUT2D eigenvalue weighted by Crippen LogP contribution is 2.37. The molecule has 3 nitrogen and oxygen atoms in total. The van der Waals surface area contributed by atoms with E-state index in [4.69, 9.17) is 5.73 Å². The molecule has 0 radical (unpaired) electrons. The fraction of sp³-hybridized carbons (Fsp3) is 0.500. The van der Waals surface area contributed by atoms with Gasteiger partial charge in [0.05, 0.1) is 5.69 Å². The van der Waals surface area contributed by atoms with Crippen molar-refractivity contribution in [3.05, 3.63) is 24.0 Å². The topological polar surface area (TPSA) is 55.1 Å². The molecule has 1 saturated carbocycles. The summed E-state index contributed by atoms with van der Waals surface area (Å²) in [5, 5.41) is 2.67. The Kier molecular flexibility index (Phi) is 3.55. The minimum absolute atomic E-state index is 0.105. The Morgan fingerprint density at radius 3 is 2.67 bits per heavy atom. The predicted molar refractivity (Wildman–Crippen MR) is 70.6 cm³/mol. The van der Waals surface area contributed by atoms with Crippen LogP contribution in [0.5, 0.6) is 0 Å². The number of carbonyl (C=O) groups is 1. The molecule has 0 bridgehead atoms. The van der Waals surface area contributed by atoms with Crippen LogP contribution in [0.4, 0.5) is 15.8 Å². The van der Waals surface area contributed by atoms with Crippen molar-refractivity contribution in [1.29, 1.82) is 0 Å². The van der Waals surface area contributed by atoms with Crippen LogP contribution in [0.3, 0.4) is 0 Å². The van der Waals surface area contributed by atoms with E-state index < -0.39 is 5.82 Å². The average molecular weight is 250 g/mol. The van der Waals surface area contributed by atoms with Gasteiger partial charge in [0.2, 0.25) is 5.91 Å². The second kappa shape index (κ2) is 4.96. The van der Waals surface area contributed by atoms with Crippen molar-refractivity contribution >= 4 is 17.3 Å². The SMILES string of the molecule is CC1(C(=O)Nc2cc(N)ccc2F)CCCCC1. The highest BCUT2D eigenvalue weighted by atomic mass is 19.1. The first kappa shape index (κ1) is 12.9. The van der Waals surface area contributed by atoms with Crippen molar-refractivity contribution < 1.29 is 9.18 Å². The highest BCUT2D eigenvalue weighted by molar-refractivity contribution is 5.95. The molecule has 1 amide bonds. The van der Waals surface area contributed by atoms with Gasteiger partial charge in [0.1, 0.15) is 5.82 Å². The molecule has 0 saturated heterocycles. The molecule has 0 spiro atoms. The smallest absolute Gasteiger partial charge is 0.230 e. The van der Waals surface area contributed by atoms with Gasteiger partial charge in [0.25, 0.3) is 0 Å². The van der Waals surface area contributed by atoms with E-state index >= 15 is 0 Å². The average Bonchev–Trinajstić information content (AvgIpc) is 2.35. The third-order valence-corrected chi connectivity index (χ3v) is 3.74. The molecule has 18 heavy (non-hydrogen) atoms. The zero-order valence-electron chi connectivity index (χ0n) is 10.6. The summed E-state index contributed by atoms with van der Waals surface area (Å²) in [5.74, 6) is -0.552. The number of anilines is 2. The van der Waals surface area contributed by atoms with E-state index in [-0.39, 0.29) is 17.0 Å². The first-order valence-corrected chi connectivity index (χ1v) is 6.38. The van der Waals surface area contributed by atoms with Gasteiger partial charge in [0.15, 0.2) is 0 Å². The van der Waals surface area contributed by atoms with Crippen LogP contribution in [-0.4, -0.2) is 5.91 Å². The van der Waals surface area contributed by atoms with E-state index in [0.717, 1.165) is 25.7 Å². The Bertz CT molecular complexity index is 453. The third-order valence-electron chi connectivity index (χ3n) is 3.74. The maximum atomic E-state index is 13.6. The number of hydrogen-bond donors (Lipinski definition) is 2. The van der Waals surface area contributed by atoms with Crippen LogP contribution in [0, 0.1) is 11.2 Å². The van der Waals surface area contributed by atoms with Crippen molar-refractivity contribution in [3.8, 4) is 0 Å². The zero-order valence-corrected chi connectivity index (χ0v) is 10.6. The summed E-state index contributed by atoms with van der Waals surface area (Å²) in [7, 11) is 0. The zero-order chi connectivity index (χ0) is 13.2. The number of nitrogen functional groups attached to an aromatic ring is 1. The molecule has 0 heterocycles. The van der Waals surface area contributed by atoms with Crippen LogP contribution in [0.2, 0.25) is 0 Å². The number of amides is 1. The van der Waals surface area contributed by atoms with E-state index in [9.17, 15) is 9.18 Å². The summed E-state index contributed by atoms with van der Waals surface area (Å²) in [6.45, 7) is 1.95. The minimum atomic E-state index is -0.447. The molecule has 0 aromatic heterocycles. The molecule has 98 valence electrons. The fourth-order valence-corrected chi connectivity index (χ4v) is 2.47. The van der Waals surface area contributed by atoms with E-state index in [1.807, 2.05) is 6.92 Å². The summed E-state index contributed by atoms with van der Waals surface area (Å²) < 4.78 is 13.6. The molecule has 1 aromatic carbocycles. The first-order chi connectivity index (χ1) is 8.51. The van der Waals surface area contributed by atoms with Gasteiger partial charge < -0.3 is 11.1 Å². The Morgan fingerprint density at radius 2 is 2.00 bits per heavy atom. The monoisotopic (exact) mass is 250 g/mol. The normalized spacial score (nSPS) is 18.3. The molecule has 4 heteroatoms. The molecular weight excluding hydrogens is 231 g/mol. The van der Waals surface area contributed by atoms with Crippen LogP contribution in [0.25, 0.3) is 0 Å². The van der Waals surface area contributed by atoms with Crippen molar-refractivity contribution in [3.63, 3.8) is 0 Å². The van der Waals surface area contributed by atoms with Gasteiger partial charge in [-0.25, -0.2) is 4.39 Å². The first-order valence-electron chi connectivity index (χ1n) is 6.38. The number of rotatable bonds is 2. The van der Waals surface area contributed by atoms with Crippen LogP contribution in [-0.2, 0) is 4.79 Å². The molecule has 0 atom stereocenters. The quantitative estimate of drug-likeness (QED) is 0.791. The summed E-state index contributed by atoms with van der Waals surface area (Å²) >= 11 is 0.